The lowest BCUT2D eigenvalue weighted by molar-refractivity contribution is -0.121. The molecular formula is C14H18O8. The van der Waals surface area contributed by atoms with Crippen molar-refractivity contribution in [2.24, 2.45) is 0 Å². The molecule has 8 heteroatoms. The fraction of sp³-hybridized carbons (Fsp3) is 0.571. The Morgan fingerprint density at radius 2 is 1.00 bits per heavy atom. The Kier molecular flexibility index (Phi) is 4.90. The van der Waals surface area contributed by atoms with Crippen molar-refractivity contribution in [1.29, 1.82) is 0 Å². The van der Waals surface area contributed by atoms with E-state index >= 15 is 0 Å². The lowest BCUT2D eigenvalue weighted by Crippen LogP contribution is -2.48. The number of ketones is 2. The van der Waals surface area contributed by atoms with Crippen molar-refractivity contribution in [3.8, 4) is 0 Å². The van der Waals surface area contributed by atoms with Gasteiger partial charge in [-0.05, 0) is 25.0 Å². The molecule has 0 heterocycles. The standard InChI is InChI=1S/C14H18O8/c15-5-1-2-6(16)10-9(5)13(21)11(19)7(17)3-4-8(18)12(20)14(10)22/h1-2,7-8,11-14,17-22H,3-4H2. The summed E-state index contributed by atoms with van der Waals surface area (Å²) in [7, 11) is 0. The monoisotopic (exact) mass is 314 g/mol. The van der Waals surface area contributed by atoms with Gasteiger partial charge in [-0.1, -0.05) is 0 Å². The Morgan fingerprint density at radius 3 is 1.32 bits per heavy atom. The number of carbonyl (C=O) groups excluding carboxylic acids is 2. The molecule has 6 unspecified atom stereocenters. The van der Waals surface area contributed by atoms with Gasteiger partial charge >= 0.3 is 0 Å². The van der Waals surface area contributed by atoms with Gasteiger partial charge in [0.2, 0.25) is 0 Å². The molecule has 8 nitrogen and oxygen atoms in total. The zero-order chi connectivity index (χ0) is 16.6. The molecule has 0 spiro atoms. The van der Waals surface area contributed by atoms with Gasteiger partial charge in [-0.3, -0.25) is 9.59 Å². The molecule has 0 radical (unpaired) electrons. The molecule has 22 heavy (non-hydrogen) atoms. The van der Waals surface area contributed by atoms with E-state index in [2.05, 4.69) is 0 Å². The zero-order valence-corrected chi connectivity index (χ0v) is 11.5. The van der Waals surface area contributed by atoms with E-state index in [4.69, 9.17) is 0 Å². The number of hydrogen-bond donors (Lipinski definition) is 6. The summed E-state index contributed by atoms with van der Waals surface area (Å²) in [6.07, 6.45) is -8.93. The summed E-state index contributed by atoms with van der Waals surface area (Å²) < 4.78 is 0. The predicted molar refractivity (Wildman–Crippen MR) is 71.5 cm³/mol. The molecule has 2 aliphatic rings. The van der Waals surface area contributed by atoms with E-state index in [1.54, 1.807) is 0 Å². The Labute approximate surface area is 125 Å². The minimum absolute atomic E-state index is 0.177. The Morgan fingerprint density at radius 1 is 0.682 bits per heavy atom. The van der Waals surface area contributed by atoms with Crippen LogP contribution >= 0.6 is 0 Å². The molecule has 0 aromatic rings. The minimum Gasteiger partial charge on any atom is -0.390 e. The van der Waals surface area contributed by atoms with Crippen LogP contribution in [0, 0.1) is 0 Å². The van der Waals surface area contributed by atoms with Gasteiger partial charge in [0.05, 0.1) is 12.2 Å². The second kappa shape index (κ2) is 6.37. The van der Waals surface area contributed by atoms with Crippen molar-refractivity contribution in [3.63, 3.8) is 0 Å². The molecular weight excluding hydrogens is 296 g/mol. The third kappa shape index (κ3) is 2.89. The Bertz CT molecular complexity index is 491. The van der Waals surface area contributed by atoms with Crippen molar-refractivity contribution < 1.29 is 40.2 Å². The summed E-state index contributed by atoms with van der Waals surface area (Å²) >= 11 is 0. The lowest BCUT2D eigenvalue weighted by Gasteiger charge is -2.32. The Balaban J connectivity index is 2.58. The first-order valence-electron chi connectivity index (χ1n) is 6.85. The van der Waals surface area contributed by atoms with Gasteiger partial charge in [0.15, 0.2) is 11.6 Å². The van der Waals surface area contributed by atoms with Crippen molar-refractivity contribution in [1.82, 2.24) is 0 Å². The molecule has 2 aliphatic carbocycles. The van der Waals surface area contributed by atoms with Crippen molar-refractivity contribution in [3.05, 3.63) is 23.3 Å². The molecule has 6 N–H and O–H groups in total. The van der Waals surface area contributed by atoms with Gasteiger partial charge in [0.25, 0.3) is 0 Å². The van der Waals surface area contributed by atoms with Crippen LogP contribution in [0.15, 0.2) is 23.3 Å². The number of rotatable bonds is 0. The predicted octanol–water partition coefficient (Wildman–Crippen LogP) is -3.05. The zero-order valence-electron chi connectivity index (χ0n) is 11.5. The van der Waals surface area contributed by atoms with Gasteiger partial charge in [-0.15, -0.1) is 0 Å². The van der Waals surface area contributed by atoms with Gasteiger partial charge in [-0.25, -0.2) is 0 Å². The number of carbonyl (C=O) groups is 2. The maximum Gasteiger partial charge on any atom is 0.185 e. The molecule has 0 saturated carbocycles. The van der Waals surface area contributed by atoms with Crippen molar-refractivity contribution in [2.75, 3.05) is 0 Å². The van der Waals surface area contributed by atoms with E-state index in [1.165, 1.54) is 0 Å². The molecule has 122 valence electrons. The molecule has 6 atom stereocenters. The molecule has 0 amide bonds. The van der Waals surface area contributed by atoms with Crippen LogP contribution in [0.25, 0.3) is 0 Å². The van der Waals surface area contributed by atoms with E-state index in [1.807, 2.05) is 0 Å². The van der Waals surface area contributed by atoms with E-state index in [0.717, 1.165) is 12.2 Å². The average Bonchev–Trinajstić information content (AvgIpc) is 2.50. The lowest BCUT2D eigenvalue weighted by atomic mass is 9.81. The highest BCUT2D eigenvalue weighted by Gasteiger charge is 2.41. The number of hydrogen-bond acceptors (Lipinski definition) is 8. The number of allylic oxidation sites excluding steroid dienone is 2. The minimum atomic E-state index is -1.90. The van der Waals surface area contributed by atoms with Crippen LogP contribution in [0.3, 0.4) is 0 Å². The number of aliphatic hydroxyl groups is 6. The van der Waals surface area contributed by atoms with Crippen LogP contribution < -0.4 is 0 Å². The topological polar surface area (TPSA) is 156 Å². The molecule has 0 aromatic carbocycles. The second-order valence-electron chi connectivity index (χ2n) is 5.47. The highest BCUT2D eigenvalue weighted by atomic mass is 16.4. The third-order valence-corrected chi connectivity index (χ3v) is 3.99. The molecule has 0 saturated heterocycles. The maximum atomic E-state index is 11.9. The SMILES string of the molecule is O=C1C=CC(=O)C2=C1C(O)C(O)C(O)CCC(O)C(O)C2O. The van der Waals surface area contributed by atoms with Crippen LogP contribution in [0.5, 0.6) is 0 Å². The summed E-state index contributed by atoms with van der Waals surface area (Å²) in [6.45, 7) is 0. The van der Waals surface area contributed by atoms with E-state index in [9.17, 15) is 40.2 Å². The maximum absolute atomic E-state index is 11.9. The first-order chi connectivity index (χ1) is 10.3. The van der Waals surface area contributed by atoms with Gasteiger partial charge in [0.1, 0.15) is 24.4 Å². The van der Waals surface area contributed by atoms with E-state index in [-0.39, 0.29) is 12.8 Å². The quantitative estimate of drug-likeness (QED) is 0.258. The van der Waals surface area contributed by atoms with E-state index in [0.29, 0.717) is 0 Å². The molecule has 0 fully saturated rings. The first-order valence-corrected chi connectivity index (χ1v) is 6.85. The van der Waals surface area contributed by atoms with E-state index < -0.39 is 59.3 Å². The second-order valence-corrected chi connectivity index (χ2v) is 5.47. The fourth-order valence-corrected chi connectivity index (χ4v) is 2.65. The van der Waals surface area contributed by atoms with Crippen LogP contribution in [0.1, 0.15) is 12.8 Å². The summed E-state index contributed by atoms with van der Waals surface area (Å²) in [4.78, 5) is 23.9. The third-order valence-electron chi connectivity index (χ3n) is 3.99. The Hall–Kier alpha value is -1.42. The largest absolute Gasteiger partial charge is 0.390 e. The normalized spacial score (nSPS) is 40.6. The molecule has 0 aliphatic heterocycles. The molecule has 2 rings (SSSR count). The van der Waals surface area contributed by atoms with Crippen molar-refractivity contribution >= 4 is 11.6 Å². The van der Waals surface area contributed by atoms with Crippen LogP contribution in [0.2, 0.25) is 0 Å². The number of aliphatic hydroxyl groups excluding tert-OH is 6. The summed E-state index contributed by atoms with van der Waals surface area (Å²) in [5, 5.41) is 59.6. The molecule has 0 bridgehead atoms. The van der Waals surface area contributed by atoms with Crippen molar-refractivity contribution in [2.45, 2.75) is 49.5 Å². The average molecular weight is 314 g/mol. The van der Waals surface area contributed by atoms with Crippen LogP contribution in [0.4, 0.5) is 0 Å². The smallest absolute Gasteiger partial charge is 0.185 e. The summed E-state index contributed by atoms with van der Waals surface area (Å²) in [5.74, 6) is -1.65. The van der Waals surface area contributed by atoms with Gasteiger partial charge in [-0.2, -0.15) is 0 Å². The summed E-state index contributed by atoms with van der Waals surface area (Å²) in [6, 6.07) is 0. The highest BCUT2D eigenvalue weighted by Crippen LogP contribution is 2.28. The van der Waals surface area contributed by atoms with Crippen LogP contribution in [-0.2, 0) is 9.59 Å². The fourth-order valence-electron chi connectivity index (χ4n) is 2.65. The first kappa shape index (κ1) is 16.9. The van der Waals surface area contributed by atoms with Gasteiger partial charge < -0.3 is 30.6 Å². The van der Waals surface area contributed by atoms with Gasteiger partial charge in [0, 0.05) is 11.1 Å². The highest BCUT2D eigenvalue weighted by molar-refractivity contribution is 6.21. The van der Waals surface area contributed by atoms with Crippen LogP contribution in [-0.4, -0.2) is 78.8 Å². The summed E-state index contributed by atoms with van der Waals surface area (Å²) in [5.41, 5.74) is -1.17. The molecule has 0 aromatic heterocycles.